The summed E-state index contributed by atoms with van der Waals surface area (Å²) in [7, 11) is -3.48. The number of nitrogens with zero attached hydrogens (tertiary/aromatic N) is 2. The largest absolute Gasteiger partial charge is 0.390 e. The van der Waals surface area contributed by atoms with Crippen LogP contribution in [0.1, 0.15) is 18.1 Å². The van der Waals surface area contributed by atoms with Crippen molar-refractivity contribution in [2.45, 2.75) is 30.2 Å². The van der Waals surface area contributed by atoms with Gasteiger partial charge in [-0.1, -0.05) is 30.3 Å². The van der Waals surface area contributed by atoms with E-state index >= 15 is 0 Å². The van der Waals surface area contributed by atoms with Crippen molar-refractivity contribution in [2.24, 2.45) is 4.99 Å². The number of aliphatic hydroxyl groups excluding tert-OH is 1. The molecule has 2 heterocycles. The number of hydrogen-bond donors (Lipinski definition) is 2. The van der Waals surface area contributed by atoms with Crippen LogP contribution in [0.2, 0.25) is 0 Å². The number of aliphatic hydroxyl groups is 1. The lowest BCUT2D eigenvalue weighted by atomic mass is 10.0. The first-order chi connectivity index (χ1) is 13.0. The van der Waals surface area contributed by atoms with Crippen LogP contribution in [0.3, 0.4) is 0 Å². The van der Waals surface area contributed by atoms with Gasteiger partial charge in [0.1, 0.15) is 4.21 Å². The van der Waals surface area contributed by atoms with Gasteiger partial charge >= 0.3 is 0 Å². The summed E-state index contributed by atoms with van der Waals surface area (Å²) < 4.78 is 24.9. The average Bonchev–Trinajstić information content (AvgIpc) is 3.20. The van der Waals surface area contributed by atoms with Crippen LogP contribution in [0.4, 0.5) is 0 Å². The Bertz CT molecular complexity index is 879. The summed E-state index contributed by atoms with van der Waals surface area (Å²) in [6, 6.07) is 11.6. The van der Waals surface area contributed by atoms with Crippen molar-refractivity contribution in [3.05, 3.63) is 52.9 Å². The summed E-state index contributed by atoms with van der Waals surface area (Å²) in [6.45, 7) is 4.34. The van der Waals surface area contributed by atoms with Gasteiger partial charge in [-0.15, -0.1) is 11.3 Å². The Morgan fingerprint density at radius 1 is 1.30 bits per heavy atom. The molecule has 8 heteroatoms. The van der Waals surface area contributed by atoms with Crippen molar-refractivity contribution >= 4 is 27.1 Å². The minimum Gasteiger partial charge on any atom is -0.390 e. The molecule has 0 fully saturated rings. The second-order valence-corrected chi connectivity index (χ2v) is 9.71. The van der Waals surface area contributed by atoms with Crippen LogP contribution in [0.15, 0.2) is 51.0 Å². The van der Waals surface area contributed by atoms with Crippen LogP contribution in [0.25, 0.3) is 0 Å². The molecule has 27 heavy (non-hydrogen) atoms. The molecule has 3 rings (SSSR count). The van der Waals surface area contributed by atoms with Crippen molar-refractivity contribution in [3.63, 3.8) is 0 Å². The minimum absolute atomic E-state index is 0.0467. The highest BCUT2D eigenvalue weighted by molar-refractivity contribution is 7.93. The quantitative estimate of drug-likeness (QED) is 0.565. The molecule has 1 aliphatic heterocycles. The van der Waals surface area contributed by atoms with Crippen LogP contribution >= 0.6 is 11.3 Å². The number of rotatable bonds is 6. The van der Waals surface area contributed by atoms with Crippen LogP contribution < -0.4 is 5.32 Å². The fourth-order valence-corrected chi connectivity index (χ4v) is 5.59. The number of aliphatic imine (C=N–C) groups is 1. The molecule has 1 unspecified atom stereocenters. The summed E-state index contributed by atoms with van der Waals surface area (Å²) in [4.78, 5) is 6.64. The highest BCUT2D eigenvalue weighted by atomic mass is 32.2. The second-order valence-electron chi connectivity index (χ2n) is 6.50. The van der Waals surface area contributed by atoms with Crippen molar-refractivity contribution < 1.29 is 13.5 Å². The highest BCUT2D eigenvalue weighted by Gasteiger charge is 2.22. The van der Waals surface area contributed by atoms with Gasteiger partial charge in [0.05, 0.1) is 18.4 Å². The molecule has 0 saturated heterocycles. The topological polar surface area (TPSA) is 82.0 Å². The van der Waals surface area contributed by atoms with E-state index in [0.717, 1.165) is 19.5 Å². The van der Waals surface area contributed by atoms with Crippen molar-refractivity contribution in [1.29, 1.82) is 0 Å². The van der Waals surface area contributed by atoms with Crippen molar-refractivity contribution in [1.82, 2.24) is 10.2 Å². The van der Waals surface area contributed by atoms with Crippen molar-refractivity contribution in [3.8, 4) is 0 Å². The van der Waals surface area contributed by atoms with E-state index in [-0.39, 0.29) is 16.5 Å². The number of fused-ring (bicyclic) bond motifs is 1. The van der Waals surface area contributed by atoms with E-state index in [1.165, 1.54) is 22.5 Å². The zero-order valence-electron chi connectivity index (χ0n) is 15.3. The Hall–Kier alpha value is -1.90. The molecule has 146 valence electrons. The second kappa shape index (κ2) is 8.86. The standard InChI is InChI=1S/C19H25N3O3S2/c1-2-20-19(22-10-9-15-6-3-4-7-16(15)13-22)21-12-17(23)14-27(24,25)18-8-5-11-26-18/h3-8,11,17,23H,2,9-10,12-14H2,1H3,(H,20,21). The third-order valence-corrected chi connectivity index (χ3v) is 7.72. The molecule has 1 aromatic heterocycles. The van der Waals surface area contributed by atoms with E-state index in [2.05, 4.69) is 33.4 Å². The Morgan fingerprint density at radius 3 is 2.78 bits per heavy atom. The molecule has 0 amide bonds. The number of sulfone groups is 1. The summed E-state index contributed by atoms with van der Waals surface area (Å²) in [6.07, 6.45) is -0.0987. The molecule has 0 aliphatic carbocycles. The molecule has 1 aromatic carbocycles. The number of benzene rings is 1. The Morgan fingerprint density at radius 2 is 2.07 bits per heavy atom. The van der Waals surface area contributed by atoms with Crippen LogP contribution in [0.5, 0.6) is 0 Å². The first-order valence-corrected chi connectivity index (χ1v) is 11.6. The maximum atomic E-state index is 12.3. The molecular weight excluding hydrogens is 382 g/mol. The lowest BCUT2D eigenvalue weighted by molar-refractivity contribution is 0.205. The lowest BCUT2D eigenvalue weighted by Gasteiger charge is -2.31. The van der Waals surface area contributed by atoms with Crippen LogP contribution in [0, 0.1) is 0 Å². The average molecular weight is 408 g/mol. The van der Waals surface area contributed by atoms with E-state index in [9.17, 15) is 13.5 Å². The molecule has 0 radical (unpaired) electrons. The molecule has 0 saturated carbocycles. The first-order valence-electron chi connectivity index (χ1n) is 9.04. The molecular formula is C19H25N3O3S2. The summed E-state index contributed by atoms with van der Waals surface area (Å²) in [5.74, 6) is 0.388. The monoisotopic (exact) mass is 407 g/mol. The minimum atomic E-state index is -3.48. The normalized spacial score (nSPS) is 16.1. The highest BCUT2D eigenvalue weighted by Crippen LogP contribution is 2.19. The Balaban J connectivity index is 1.65. The summed E-state index contributed by atoms with van der Waals surface area (Å²) >= 11 is 1.17. The molecule has 0 spiro atoms. The van der Waals surface area contributed by atoms with Gasteiger partial charge in [-0.2, -0.15) is 0 Å². The van der Waals surface area contributed by atoms with Gasteiger partial charge in [0, 0.05) is 19.6 Å². The van der Waals surface area contributed by atoms with Crippen LogP contribution in [-0.2, 0) is 22.8 Å². The van der Waals surface area contributed by atoms with E-state index in [4.69, 9.17) is 0 Å². The smallest absolute Gasteiger partial charge is 0.194 e. The van der Waals surface area contributed by atoms with Gasteiger partial charge in [-0.25, -0.2) is 8.42 Å². The van der Waals surface area contributed by atoms with E-state index < -0.39 is 15.9 Å². The lowest BCUT2D eigenvalue weighted by Crippen LogP contribution is -2.44. The molecule has 2 aromatic rings. The maximum Gasteiger partial charge on any atom is 0.194 e. The van der Waals surface area contributed by atoms with Gasteiger partial charge in [0.25, 0.3) is 0 Å². The number of guanidine groups is 1. The number of thiophene rings is 1. The van der Waals surface area contributed by atoms with Gasteiger partial charge in [-0.05, 0) is 35.9 Å². The van der Waals surface area contributed by atoms with E-state index in [1.807, 2.05) is 13.0 Å². The third kappa shape index (κ3) is 5.09. The molecule has 1 aliphatic rings. The fraction of sp³-hybridized carbons (Fsp3) is 0.421. The Kier molecular flexibility index (Phi) is 6.51. The molecule has 1 atom stereocenters. The summed E-state index contributed by atoms with van der Waals surface area (Å²) in [5, 5.41) is 15.2. The van der Waals surface area contributed by atoms with Crippen molar-refractivity contribution in [2.75, 3.05) is 25.4 Å². The Labute approximate surface area is 164 Å². The maximum absolute atomic E-state index is 12.3. The third-order valence-electron chi connectivity index (χ3n) is 4.43. The molecule has 0 bridgehead atoms. The fourth-order valence-electron chi connectivity index (χ4n) is 3.12. The van der Waals surface area contributed by atoms with Gasteiger partial charge in [0.2, 0.25) is 0 Å². The van der Waals surface area contributed by atoms with Gasteiger partial charge in [-0.3, -0.25) is 4.99 Å². The van der Waals surface area contributed by atoms with E-state index in [1.54, 1.807) is 17.5 Å². The first kappa shape index (κ1) is 19.9. The van der Waals surface area contributed by atoms with Gasteiger partial charge < -0.3 is 15.3 Å². The van der Waals surface area contributed by atoms with Crippen LogP contribution in [-0.4, -0.2) is 55.9 Å². The van der Waals surface area contributed by atoms with E-state index in [0.29, 0.717) is 12.5 Å². The SMILES string of the molecule is CCNC(=NCC(O)CS(=O)(=O)c1cccs1)N1CCc2ccccc2C1. The predicted octanol–water partition coefficient (Wildman–Crippen LogP) is 1.91. The number of nitrogens with one attached hydrogen (secondary N) is 1. The molecule has 2 N–H and O–H groups in total. The number of hydrogen-bond acceptors (Lipinski definition) is 5. The zero-order valence-corrected chi connectivity index (χ0v) is 17.0. The summed E-state index contributed by atoms with van der Waals surface area (Å²) in [5.41, 5.74) is 2.63. The zero-order chi connectivity index (χ0) is 19.3. The van der Waals surface area contributed by atoms with Gasteiger partial charge in [0.15, 0.2) is 15.8 Å². The predicted molar refractivity (Wildman–Crippen MR) is 109 cm³/mol. The molecule has 6 nitrogen and oxygen atoms in total.